The largest absolute Gasteiger partial charge is 0.504 e. The summed E-state index contributed by atoms with van der Waals surface area (Å²) in [7, 11) is 1.54. The molecule has 2 fully saturated rings. The van der Waals surface area contributed by atoms with Crippen molar-refractivity contribution in [3.05, 3.63) is 23.8 Å². The molecule has 134 valence electrons. The predicted octanol–water partition coefficient (Wildman–Crippen LogP) is 2.39. The molecule has 24 heavy (non-hydrogen) atoms. The number of nitrogens with zero attached hydrogens (tertiary/aromatic N) is 1. The third-order valence-electron chi connectivity index (χ3n) is 4.48. The number of halogens is 1. The van der Waals surface area contributed by atoms with E-state index in [4.69, 9.17) is 9.47 Å². The Hall–Kier alpha value is -1.22. The number of ether oxygens (including phenoxy) is 2. The minimum atomic E-state index is 0. The lowest BCUT2D eigenvalue weighted by molar-refractivity contribution is 0.0992. The summed E-state index contributed by atoms with van der Waals surface area (Å²) in [5.41, 5.74) is 0.741. The number of nitrogens with one attached hydrogen (secondary N) is 2. The summed E-state index contributed by atoms with van der Waals surface area (Å²) in [5, 5.41) is 16.9. The molecular formula is C17H26IN3O3. The molecular weight excluding hydrogens is 421 g/mol. The number of methoxy groups -OCH3 is 1. The van der Waals surface area contributed by atoms with Gasteiger partial charge in [-0.2, -0.15) is 0 Å². The molecule has 3 N–H and O–H groups in total. The number of hydrogen-bond donors (Lipinski definition) is 3. The molecule has 0 spiro atoms. The number of aromatic hydroxyl groups is 1. The Balaban J connectivity index is 0.00000208. The van der Waals surface area contributed by atoms with Crippen LogP contribution in [0.5, 0.6) is 11.5 Å². The van der Waals surface area contributed by atoms with Gasteiger partial charge in [0.1, 0.15) is 0 Å². The van der Waals surface area contributed by atoms with Crippen molar-refractivity contribution in [2.75, 3.05) is 13.7 Å². The van der Waals surface area contributed by atoms with Crippen LogP contribution in [-0.2, 0) is 11.3 Å². The van der Waals surface area contributed by atoms with Gasteiger partial charge in [0.05, 0.1) is 31.9 Å². The fourth-order valence-corrected chi connectivity index (χ4v) is 3.31. The molecule has 2 aliphatic heterocycles. The number of benzene rings is 1. The minimum Gasteiger partial charge on any atom is -0.504 e. The number of rotatable bonds is 5. The first-order chi connectivity index (χ1) is 11.2. The molecule has 6 nitrogen and oxygen atoms in total. The van der Waals surface area contributed by atoms with Crippen LogP contribution in [0.2, 0.25) is 0 Å². The molecule has 0 aliphatic carbocycles. The van der Waals surface area contributed by atoms with E-state index in [0.717, 1.165) is 30.9 Å². The van der Waals surface area contributed by atoms with Crippen molar-refractivity contribution in [3.8, 4) is 11.5 Å². The third kappa shape index (κ3) is 4.24. The molecule has 1 aromatic carbocycles. The van der Waals surface area contributed by atoms with Crippen LogP contribution in [0.25, 0.3) is 0 Å². The molecule has 3 atom stereocenters. The summed E-state index contributed by atoms with van der Waals surface area (Å²) >= 11 is 0. The van der Waals surface area contributed by atoms with Gasteiger partial charge in [-0.3, -0.25) is 0 Å². The van der Waals surface area contributed by atoms with Crippen molar-refractivity contribution >= 4 is 29.9 Å². The van der Waals surface area contributed by atoms with Crippen molar-refractivity contribution in [1.29, 1.82) is 0 Å². The van der Waals surface area contributed by atoms with E-state index in [1.807, 2.05) is 19.1 Å². The SMILES string of the molecule is CCNC(=NCc1cccc(OC)c1O)NC1CC2CCC1O2.I. The van der Waals surface area contributed by atoms with Crippen molar-refractivity contribution < 1.29 is 14.6 Å². The Bertz CT molecular complexity index is 582. The number of aliphatic imine (C=N–C) groups is 1. The van der Waals surface area contributed by atoms with Gasteiger partial charge in [0.15, 0.2) is 17.5 Å². The quantitative estimate of drug-likeness (QED) is 0.367. The van der Waals surface area contributed by atoms with Crippen molar-refractivity contribution in [2.24, 2.45) is 4.99 Å². The molecule has 3 rings (SSSR count). The second-order valence-corrected chi connectivity index (χ2v) is 6.02. The highest BCUT2D eigenvalue weighted by Gasteiger charge is 2.41. The van der Waals surface area contributed by atoms with Crippen LogP contribution < -0.4 is 15.4 Å². The van der Waals surface area contributed by atoms with Crippen LogP contribution in [0.3, 0.4) is 0 Å². The average Bonchev–Trinajstić information content (AvgIpc) is 3.16. The van der Waals surface area contributed by atoms with Gasteiger partial charge in [0, 0.05) is 12.1 Å². The van der Waals surface area contributed by atoms with Crippen LogP contribution in [0.4, 0.5) is 0 Å². The smallest absolute Gasteiger partial charge is 0.191 e. The highest BCUT2D eigenvalue weighted by Crippen LogP contribution is 2.34. The molecule has 0 radical (unpaired) electrons. The molecule has 7 heteroatoms. The monoisotopic (exact) mass is 447 g/mol. The second kappa shape index (κ2) is 8.75. The van der Waals surface area contributed by atoms with Gasteiger partial charge in [-0.05, 0) is 32.3 Å². The molecule has 2 aliphatic rings. The Morgan fingerprint density at radius 2 is 2.25 bits per heavy atom. The lowest BCUT2D eigenvalue weighted by Crippen LogP contribution is -2.47. The number of guanidine groups is 1. The number of phenolic OH excluding ortho intramolecular Hbond substituents is 1. The van der Waals surface area contributed by atoms with Crippen LogP contribution in [0, 0.1) is 0 Å². The van der Waals surface area contributed by atoms with Crippen molar-refractivity contribution in [3.63, 3.8) is 0 Å². The van der Waals surface area contributed by atoms with E-state index < -0.39 is 0 Å². The normalized spacial score (nSPS) is 25.2. The zero-order valence-corrected chi connectivity index (χ0v) is 16.4. The average molecular weight is 447 g/mol. The predicted molar refractivity (Wildman–Crippen MR) is 104 cm³/mol. The summed E-state index contributed by atoms with van der Waals surface area (Å²) in [6.07, 6.45) is 4.04. The maximum Gasteiger partial charge on any atom is 0.191 e. The maximum absolute atomic E-state index is 10.1. The maximum atomic E-state index is 10.1. The second-order valence-electron chi connectivity index (χ2n) is 6.02. The van der Waals surface area contributed by atoms with E-state index in [9.17, 15) is 5.11 Å². The number of para-hydroxylation sites is 1. The standard InChI is InChI=1S/C17H25N3O3.HI/c1-3-18-17(20-13-9-12-7-8-14(13)23-12)19-10-11-5-4-6-15(22-2)16(11)21;/h4-6,12-14,21H,3,7-10H2,1-2H3,(H2,18,19,20);1H. The van der Waals surface area contributed by atoms with Gasteiger partial charge < -0.3 is 25.2 Å². The first-order valence-corrected chi connectivity index (χ1v) is 8.26. The van der Waals surface area contributed by atoms with Crippen LogP contribution >= 0.6 is 24.0 Å². The van der Waals surface area contributed by atoms with Gasteiger partial charge in [0.2, 0.25) is 0 Å². The molecule has 3 unspecified atom stereocenters. The van der Waals surface area contributed by atoms with E-state index in [2.05, 4.69) is 15.6 Å². The first kappa shape index (κ1) is 19.1. The minimum absolute atomic E-state index is 0. The van der Waals surface area contributed by atoms with Crippen LogP contribution in [-0.4, -0.2) is 43.0 Å². The molecule has 0 saturated carbocycles. The van der Waals surface area contributed by atoms with E-state index in [1.54, 1.807) is 13.2 Å². The highest BCUT2D eigenvalue weighted by atomic mass is 127. The first-order valence-electron chi connectivity index (χ1n) is 8.26. The Kier molecular flexibility index (Phi) is 6.97. The molecule has 2 heterocycles. The highest BCUT2D eigenvalue weighted by molar-refractivity contribution is 14.0. The van der Waals surface area contributed by atoms with E-state index in [0.29, 0.717) is 30.5 Å². The fraction of sp³-hybridized carbons (Fsp3) is 0.588. The summed E-state index contributed by atoms with van der Waals surface area (Å²) < 4.78 is 11.0. The lowest BCUT2D eigenvalue weighted by Gasteiger charge is -2.22. The number of phenols is 1. The summed E-state index contributed by atoms with van der Waals surface area (Å²) in [6, 6.07) is 5.77. The molecule has 2 saturated heterocycles. The van der Waals surface area contributed by atoms with E-state index in [-0.39, 0.29) is 29.7 Å². The van der Waals surface area contributed by atoms with Gasteiger partial charge in [-0.15, -0.1) is 24.0 Å². The fourth-order valence-electron chi connectivity index (χ4n) is 3.31. The molecule has 2 bridgehead atoms. The number of hydrogen-bond acceptors (Lipinski definition) is 4. The van der Waals surface area contributed by atoms with Crippen molar-refractivity contribution in [1.82, 2.24) is 10.6 Å². The Morgan fingerprint density at radius 3 is 2.88 bits per heavy atom. The van der Waals surface area contributed by atoms with Gasteiger partial charge in [-0.25, -0.2) is 4.99 Å². The van der Waals surface area contributed by atoms with E-state index >= 15 is 0 Å². The van der Waals surface area contributed by atoms with Gasteiger partial charge in [0.25, 0.3) is 0 Å². The molecule has 0 aromatic heterocycles. The zero-order valence-electron chi connectivity index (χ0n) is 14.1. The van der Waals surface area contributed by atoms with Crippen LogP contribution in [0.15, 0.2) is 23.2 Å². The summed E-state index contributed by atoms with van der Waals surface area (Å²) in [4.78, 5) is 4.59. The topological polar surface area (TPSA) is 75.1 Å². The zero-order chi connectivity index (χ0) is 16.2. The summed E-state index contributed by atoms with van der Waals surface area (Å²) in [6.45, 7) is 3.22. The van der Waals surface area contributed by atoms with E-state index in [1.165, 1.54) is 6.42 Å². The van der Waals surface area contributed by atoms with Gasteiger partial charge >= 0.3 is 0 Å². The Morgan fingerprint density at radius 1 is 1.42 bits per heavy atom. The van der Waals surface area contributed by atoms with Crippen molar-refractivity contribution in [2.45, 2.75) is 51.0 Å². The Labute approximate surface area is 160 Å². The van der Waals surface area contributed by atoms with Crippen LogP contribution in [0.1, 0.15) is 31.7 Å². The third-order valence-corrected chi connectivity index (χ3v) is 4.48. The lowest BCUT2D eigenvalue weighted by atomic mass is 9.96. The molecule has 1 aromatic rings. The number of fused-ring (bicyclic) bond motifs is 2. The summed E-state index contributed by atoms with van der Waals surface area (Å²) in [5.74, 6) is 1.38. The molecule has 0 amide bonds. The van der Waals surface area contributed by atoms with Gasteiger partial charge in [-0.1, -0.05) is 12.1 Å².